The van der Waals surface area contributed by atoms with Crippen molar-refractivity contribution in [2.45, 2.75) is 32.6 Å². The SMILES string of the molecule is C[C@@H]1CN(Cc2nc(C(=O)Nc3cc(-c4cnc5[nH]ncc5c4)cc4[nH]ncc34)cs2)C[C@H](C)O1. The molecule has 5 aromatic rings. The van der Waals surface area contributed by atoms with Gasteiger partial charge in [-0.3, -0.25) is 19.9 Å². The van der Waals surface area contributed by atoms with Gasteiger partial charge < -0.3 is 10.1 Å². The standard InChI is InChI=1S/C24H24N8O2S/c1-13-9-32(10-14(2)34-13)11-22-28-21(12-35-22)24(33)29-19-4-15(5-20-18(19)8-27-30-20)16-3-17-7-26-31-23(17)25-6-16/h3-8,12-14H,9-11H2,1-2H3,(H,27,30)(H,29,33)(H,25,26,31)/t13-,14+. The van der Waals surface area contributed by atoms with E-state index in [2.05, 4.69) is 54.4 Å². The Morgan fingerprint density at radius 1 is 1.11 bits per heavy atom. The minimum Gasteiger partial charge on any atom is -0.373 e. The zero-order chi connectivity index (χ0) is 23.9. The molecule has 0 bridgehead atoms. The third-order valence-corrected chi connectivity index (χ3v) is 6.90. The van der Waals surface area contributed by atoms with E-state index in [4.69, 9.17) is 4.74 Å². The fourth-order valence-corrected chi connectivity index (χ4v) is 5.41. The maximum absolute atomic E-state index is 13.1. The number of benzene rings is 1. The number of aromatic nitrogens is 6. The van der Waals surface area contributed by atoms with Gasteiger partial charge in [0.1, 0.15) is 10.7 Å². The molecular weight excluding hydrogens is 464 g/mol. The number of aromatic amines is 2. The Labute approximate surface area is 204 Å². The van der Waals surface area contributed by atoms with Crippen LogP contribution in [0, 0.1) is 0 Å². The van der Waals surface area contributed by atoms with Gasteiger partial charge in [-0.2, -0.15) is 10.2 Å². The number of carbonyl (C=O) groups is 1. The summed E-state index contributed by atoms with van der Waals surface area (Å²) in [4.78, 5) is 24.5. The van der Waals surface area contributed by atoms with Crippen LogP contribution in [0.4, 0.5) is 5.69 Å². The molecule has 1 aliphatic rings. The van der Waals surface area contributed by atoms with Gasteiger partial charge in [0.25, 0.3) is 5.91 Å². The van der Waals surface area contributed by atoms with Gasteiger partial charge in [-0.05, 0) is 37.6 Å². The minimum absolute atomic E-state index is 0.190. The van der Waals surface area contributed by atoms with Crippen molar-refractivity contribution in [3.8, 4) is 11.1 Å². The van der Waals surface area contributed by atoms with E-state index in [9.17, 15) is 4.79 Å². The molecule has 1 amide bonds. The number of hydrogen-bond acceptors (Lipinski definition) is 8. The van der Waals surface area contributed by atoms with Crippen LogP contribution in [-0.2, 0) is 11.3 Å². The molecular formula is C24H24N8O2S. The minimum atomic E-state index is -0.251. The van der Waals surface area contributed by atoms with Crippen LogP contribution < -0.4 is 5.32 Å². The predicted molar refractivity (Wildman–Crippen MR) is 134 cm³/mol. The smallest absolute Gasteiger partial charge is 0.275 e. The molecule has 0 spiro atoms. The van der Waals surface area contributed by atoms with Crippen molar-refractivity contribution < 1.29 is 9.53 Å². The maximum atomic E-state index is 13.1. The number of morpholine rings is 1. The molecule has 0 radical (unpaired) electrons. The van der Waals surface area contributed by atoms with E-state index in [1.54, 1.807) is 18.6 Å². The molecule has 1 aliphatic heterocycles. The summed E-state index contributed by atoms with van der Waals surface area (Å²) in [6.45, 7) is 6.59. The van der Waals surface area contributed by atoms with Crippen LogP contribution >= 0.6 is 11.3 Å². The first-order valence-electron chi connectivity index (χ1n) is 11.4. The quantitative estimate of drug-likeness (QED) is 0.343. The number of fused-ring (bicyclic) bond motifs is 2. The average Bonchev–Trinajstić information content (AvgIpc) is 3.58. The summed E-state index contributed by atoms with van der Waals surface area (Å²) in [6, 6.07) is 5.93. The fraction of sp³-hybridized carbons (Fsp3) is 0.292. The normalized spacial score (nSPS) is 18.9. The van der Waals surface area contributed by atoms with Crippen molar-refractivity contribution in [3.63, 3.8) is 0 Å². The maximum Gasteiger partial charge on any atom is 0.275 e. The van der Waals surface area contributed by atoms with Crippen molar-refractivity contribution in [1.29, 1.82) is 0 Å². The largest absolute Gasteiger partial charge is 0.373 e. The van der Waals surface area contributed by atoms with Crippen molar-refractivity contribution in [1.82, 2.24) is 35.3 Å². The Balaban J connectivity index is 1.24. The highest BCUT2D eigenvalue weighted by atomic mass is 32.1. The van der Waals surface area contributed by atoms with Crippen molar-refractivity contribution in [2.75, 3.05) is 18.4 Å². The molecule has 5 heterocycles. The number of pyridine rings is 1. The molecule has 4 aromatic heterocycles. The molecule has 1 fully saturated rings. The Hall–Kier alpha value is -3.67. The molecule has 1 saturated heterocycles. The molecule has 0 saturated carbocycles. The van der Waals surface area contributed by atoms with Crippen molar-refractivity contribution >= 4 is 44.9 Å². The van der Waals surface area contributed by atoms with Crippen LogP contribution in [0.1, 0.15) is 29.3 Å². The van der Waals surface area contributed by atoms with Crippen LogP contribution in [-0.4, -0.2) is 66.5 Å². The van der Waals surface area contributed by atoms with Crippen LogP contribution in [0.3, 0.4) is 0 Å². The van der Waals surface area contributed by atoms with Gasteiger partial charge in [0.15, 0.2) is 5.65 Å². The number of rotatable bonds is 5. The van der Waals surface area contributed by atoms with E-state index in [0.29, 0.717) is 17.9 Å². The number of nitrogens with one attached hydrogen (secondary N) is 3. The number of amides is 1. The number of ether oxygens (including phenoxy) is 1. The number of anilines is 1. The second kappa shape index (κ2) is 8.84. The average molecular weight is 489 g/mol. The zero-order valence-corrected chi connectivity index (χ0v) is 20.1. The van der Waals surface area contributed by atoms with Crippen molar-refractivity contribution in [3.05, 3.63) is 52.9 Å². The third-order valence-electron chi connectivity index (χ3n) is 6.07. The van der Waals surface area contributed by atoms with E-state index in [-0.39, 0.29) is 18.1 Å². The first-order valence-corrected chi connectivity index (χ1v) is 12.3. The summed E-state index contributed by atoms with van der Waals surface area (Å²) in [5.41, 5.74) is 4.43. The number of H-pyrrole nitrogens is 2. The van der Waals surface area contributed by atoms with Crippen LogP contribution in [0.25, 0.3) is 33.1 Å². The monoisotopic (exact) mass is 488 g/mol. The molecule has 2 atom stereocenters. The summed E-state index contributed by atoms with van der Waals surface area (Å²) in [7, 11) is 0. The third kappa shape index (κ3) is 4.41. The van der Waals surface area contributed by atoms with Crippen LogP contribution in [0.2, 0.25) is 0 Å². The Kier molecular flexibility index (Phi) is 5.51. The predicted octanol–water partition coefficient (Wildman–Crippen LogP) is 3.82. The van der Waals surface area contributed by atoms with E-state index in [1.165, 1.54) is 11.3 Å². The number of carbonyl (C=O) groups excluding carboxylic acids is 1. The molecule has 0 unspecified atom stereocenters. The van der Waals surface area contributed by atoms with Gasteiger partial charge >= 0.3 is 0 Å². The Bertz CT molecular complexity index is 1510. The molecule has 3 N–H and O–H groups in total. The summed E-state index contributed by atoms with van der Waals surface area (Å²) in [5, 5.41) is 21.6. The first-order chi connectivity index (χ1) is 17.0. The van der Waals surface area contributed by atoms with Gasteiger partial charge in [-0.15, -0.1) is 11.3 Å². The first kappa shape index (κ1) is 21.8. The summed E-state index contributed by atoms with van der Waals surface area (Å²) >= 11 is 1.50. The van der Waals surface area contributed by atoms with Crippen LogP contribution in [0.5, 0.6) is 0 Å². The lowest BCUT2D eigenvalue weighted by Gasteiger charge is -2.34. The lowest BCUT2D eigenvalue weighted by molar-refractivity contribution is -0.0705. The van der Waals surface area contributed by atoms with Crippen molar-refractivity contribution in [2.24, 2.45) is 0 Å². The zero-order valence-electron chi connectivity index (χ0n) is 19.3. The van der Waals surface area contributed by atoms with Crippen LogP contribution in [0.15, 0.2) is 42.2 Å². The van der Waals surface area contributed by atoms with E-state index in [0.717, 1.165) is 51.2 Å². The topological polar surface area (TPSA) is 125 Å². The fourth-order valence-electron chi connectivity index (χ4n) is 4.59. The molecule has 0 aliphatic carbocycles. The highest BCUT2D eigenvalue weighted by Gasteiger charge is 2.23. The Morgan fingerprint density at radius 2 is 1.94 bits per heavy atom. The summed E-state index contributed by atoms with van der Waals surface area (Å²) < 4.78 is 5.81. The second-order valence-corrected chi connectivity index (χ2v) is 9.86. The van der Waals surface area contributed by atoms with E-state index < -0.39 is 0 Å². The summed E-state index contributed by atoms with van der Waals surface area (Å²) in [5.74, 6) is -0.251. The number of nitrogens with zero attached hydrogens (tertiary/aromatic N) is 5. The van der Waals surface area contributed by atoms with Gasteiger partial charge in [-0.25, -0.2) is 9.97 Å². The van der Waals surface area contributed by atoms with Gasteiger partial charge in [0, 0.05) is 41.0 Å². The highest BCUT2D eigenvalue weighted by molar-refractivity contribution is 7.09. The van der Waals surface area contributed by atoms with Gasteiger partial charge in [-0.1, -0.05) is 0 Å². The molecule has 1 aromatic carbocycles. The summed E-state index contributed by atoms with van der Waals surface area (Å²) in [6.07, 6.45) is 5.61. The van der Waals surface area contributed by atoms with E-state index in [1.807, 2.05) is 23.6 Å². The molecule has 11 heteroatoms. The van der Waals surface area contributed by atoms with Gasteiger partial charge in [0.05, 0.1) is 42.4 Å². The number of hydrogen-bond donors (Lipinski definition) is 3. The van der Waals surface area contributed by atoms with Gasteiger partial charge in [0.2, 0.25) is 0 Å². The molecule has 35 heavy (non-hydrogen) atoms. The highest BCUT2D eigenvalue weighted by Crippen LogP contribution is 2.31. The lowest BCUT2D eigenvalue weighted by Crippen LogP contribution is -2.44. The molecule has 10 nitrogen and oxygen atoms in total. The molecule has 178 valence electrons. The molecule has 6 rings (SSSR count). The Morgan fingerprint density at radius 3 is 2.80 bits per heavy atom. The van der Waals surface area contributed by atoms with E-state index >= 15 is 0 Å². The lowest BCUT2D eigenvalue weighted by atomic mass is 10.0. The second-order valence-electron chi connectivity index (χ2n) is 8.92. The number of thiazole rings is 1.